The minimum atomic E-state index is -3.87. The fraction of sp³-hybridized carbons (Fsp3) is 0.0833. The van der Waals surface area contributed by atoms with Gasteiger partial charge in [-0.25, -0.2) is 18.4 Å². The Kier molecular flexibility index (Phi) is 4.63. The van der Waals surface area contributed by atoms with Crippen LogP contribution < -0.4 is 4.72 Å². The molecule has 21 heavy (non-hydrogen) atoms. The van der Waals surface area contributed by atoms with Crippen LogP contribution in [-0.4, -0.2) is 18.4 Å². The van der Waals surface area contributed by atoms with Gasteiger partial charge in [0.05, 0.1) is 17.4 Å². The zero-order chi connectivity index (χ0) is 15.5. The fourth-order valence-electron chi connectivity index (χ4n) is 1.50. The number of nitrogens with zero attached hydrogens (tertiary/aromatic N) is 3. The van der Waals surface area contributed by atoms with E-state index < -0.39 is 10.0 Å². The Morgan fingerprint density at radius 1 is 1.14 bits per heavy atom. The van der Waals surface area contributed by atoms with E-state index in [4.69, 9.17) is 28.5 Å². The van der Waals surface area contributed by atoms with Crippen molar-refractivity contribution in [1.29, 1.82) is 5.26 Å². The predicted molar refractivity (Wildman–Crippen MR) is 78.6 cm³/mol. The van der Waals surface area contributed by atoms with Gasteiger partial charge in [0.1, 0.15) is 12.0 Å². The molecule has 1 aromatic carbocycles. The lowest BCUT2D eigenvalue weighted by molar-refractivity contribution is 0.601. The summed E-state index contributed by atoms with van der Waals surface area (Å²) >= 11 is 11.6. The van der Waals surface area contributed by atoms with Crippen molar-refractivity contribution in [3.63, 3.8) is 0 Å². The molecule has 6 nitrogen and oxygen atoms in total. The monoisotopic (exact) mass is 342 g/mol. The number of rotatable bonds is 4. The maximum atomic E-state index is 12.2. The molecule has 0 radical (unpaired) electrons. The molecule has 0 saturated heterocycles. The van der Waals surface area contributed by atoms with Crippen molar-refractivity contribution in [2.75, 3.05) is 4.72 Å². The third kappa shape index (κ3) is 3.61. The third-order valence-electron chi connectivity index (χ3n) is 2.51. The molecule has 0 aliphatic rings. The summed E-state index contributed by atoms with van der Waals surface area (Å²) in [4.78, 5) is 7.34. The molecule has 108 valence electrons. The lowest BCUT2D eigenvalue weighted by Gasteiger charge is -2.10. The molecule has 2 rings (SSSR count). The van der Waals surface area contributed by atoms with Crippen molar-refractivity contribution in [2.45, 2.75) is 11.3 Å². The molecule has 0 saturated carbocycles. The van der Waals surface area contributed by atoms with Gasteiger partial charge in [-0.2, -0.15) is 5.26 Å². The van der Waals surface area contributed by atoms with E-state index in [-0.39, 0.29) is 27.3 Å². The maximum Gasteiger partial charge on any atom is 0.262 e. The second-order valence-corrected chi connectivity index (χ2v) is 6.31. The zero-order valence-electron chi connectivity index (χ0n) is 10.4. The van der Waals surface area contributed by atoms with E-state index in [9.17, 15) is 8.42 Å². The minimum absolute atomic E-state index is 0.0141. The Hall–Kier alpha value is -1.88. The van der Waals surface area contributed by atoms with E-state index in [2.05, 4.69) is 14.7 Å². The molecule has 1 N–H and O–H groups in total. The number of aromatic nitrogens is 2. The van der Waals surface area contributed by atoms with Gasteiger partial charge in [-0.15, -0.1) is 0 Å². The first-order chi connectivity index (χ1) is 9.94. The van der Waals surface area contributed by atoms with Crippen LogP contribution in [-0.2, 0) is 16.4 Å². The second kappa shape index (κ2) is 6.26. The molecule has 0 unspecified atom stereocenters. The Morgan fingerprint density at radius 3 is 2.24 bits per heavy atom. The van der Waals surface area contributed by atoms with Crippen LogP contribution in [0.2, 0.25) is 10.3 Å². The molecular formula is C12H8Cl2N4O2S. The normalized spacial score (nSPS) is 10.9. The number of benzene rings is 1. The highest BCUT2D eigenvalue weighted by molar-refractivity contribution is 7.92. The molecule has 0 spiro atoms. The predicted octanol–water partition coefficient (Wildman–Crippen LogP) is 2.65. The number of sulfonamides is 1. The highest BCUT2D eigenvalue weighted by Crippen LogP contribution is 2.28. The first-order valence-electron chi connectivity index (χ1n) is 5.59. The van der Waals surface area contributed by atoms with Crippen LogP contribution >= 0.6 is 23.2 Å². The molecule has 2 aromatic rings. The first-order valence-corrected chi connectivity index (χ1v) is 7.82. The molecule has 0 fully saturated rings. The van der Waals surface area contributed by atoms with Gasteiger partial charge in [-0.1, -0.05) is 35.3 Å². The maximum absolute atomic E-state index is 12.2. The highest BCUT2D eigenvalue weighted by Gasteiger charge is 2.18. The van der Waals surface area contributed by atoms with E-state index in [0.717, 1.165) is 11.9 Å². The molecule has 1 heterocycles. The van der Waals surface area contributed by atoms with E-state index in [1.165, 1.54) is 12.1 Å². The SMILES string of the molecule is N#CCc1ccc(S(=O)(=O)Nc2c(Cl)ncnc2Cl)cc1. The van der Waals surface area contributed by atoms with Gasteiger partial charge in [0, 0.05) is 0 Å². The summed E-state index contributed by atoms with van der Waals surface area (Å²) in [6, 6.07) is 7.88. The summed E-state index contributed by atoms with van der Waals surface area (Å²) in [6.45, 7) is 0. The van der Waals surface area contributed by atoms with Gasteiger partial charge in [-0.05, 0) is 17.7 Å². The van der Waals surface area contributed by atoms with Crippen molar-refractivity contribution < 1.29 is 8.42 Å². The van der Waals surface area contributed by atoms with Crippen molar-refractivity contribution in [2.24, 2.45) is 0 Å². The van der Waals surface area contributed by atoms with Gasteiger partial charge < -0.3 is 0 Å². The molecule has 0 aliphatic carbocycles. The topological polar surface area (TPSA) is 95.7 Å². The fourth-order valence-corrected chi connectivity index (χ4v) is 3.10. The average molecular weight is 343 g/mol. The van der Waals surface area contributed by atoms with Gasteiger partial charge in [0.2, 0.25) is 0 Å². The molecule has 0 aliphatic heterocycles. The van der Waals surface area contributed by atoms with E-state index >= 15 is 0 Å². The second-order valence-electron chi connectivity index (χ2n) is 3.91. The average Bonchev–Trinajstić information content (AvgIpc) is 2.44. The Balaban J connectivity index is 2.32. The van der Waals surface area contributed by atoms with Gasteiger partial charge in [0.15, 0.2) is 10.3 Å². The molecule has 0 atom stereocenters. The number of hydrogen-bond donors (Lipinski definition) is 1. The number of halogens is 2. The van der Waals surface area contributed by atoms with Crippen LogP contribution in [0.5, 0.6) is 0 Å². The lowest BCUT2D eigenvalue weighted by atomic mass is 10.2. The summed E-state index contributed by atoms with van der Waals surface area (Å²) in [5.41, 5.74) is 0.637. The van der Waals surface area contributed by atoms with Crippen LogP contribution in [0.25, 0.3) is 0 Å². The van der Waals surface area contributed by atoms with Gasteiger partial charge >= 0.3 is 0 Å². The number of anilines is 1. The molecule has 1 aromatic heterocycles. The van der Waals surface area contributed by atoms with E-state index in [1.807, 2.05) is 6.07 Å². The zero-order valence-corrected chi connectivity index (χ0v) is 12.7. The van der Waals surface area contributed by atoms with Crippen LogP contribution in [0.15, 0.2) is 35.5 Å². The van der Waals surface area contributed by atoms with Crippen LogP contribution in [0.4, 0.5) is 5.69 Å². The summed E-state index contributed by atoms with van der Waals surface area (Å²) < 4.78 is 26.7. The van der Waals surface area contributed by atoms with Crippen LogP contribution in [0.1, 0.15) is 5.56 Å². The molecule has 9 heteroatoms. The summed E-state index contributed by atoms with van der Waals surface area (Å²) in [5, 5.41) is 8.39. The quantitative estimate of drug-likeness (QED) is 0.861. The summed E-state index contributed by atoms with van der Waals surface area (Å²) in [6.07, 6.45) is 1.33. The standard InChI is InChI=1S/C12H8Cl2N4O2S/c13-11-10(12(14)17-7-16-11)18-21(19,20)9-3-1-8(2-4-9)5-6-15/h1-4,7,18H,5H2. The molecule has 0 bridgehead atoms. The van der Waals surface area contributed by atoms with Crippen LogP contribution in [0, 0.1) is 11.3 Å². The van der Waals surface area contributed by atoms with Crippen molar-refractivity contribution in [1.82, 2.24) is 9.97 Å². The number of hydrogen-bond acceptors (Lipinski definition) is 5. The molecular weight excluding hydrogens is 335 g/mol. The summed E-state index contributed by atoms with van der Waals surface area (Å²) in [5.74, 6) is 0. The summed E-state index contributed by atoms with van der Waals surface area (Å²) in [7, 11) is -3.87. The van der Waals surface area contributed by atoms with Crippen molar-refractivity contribution in [3.05, 3.63) is 46.5 Å². The molecule has 0 amide bonds. The first kappa shape index (κ1) is 15.5. The Labute approximate surface area is 131 Å². The van der Waals surface area contributed by atoms with Gasteiger partial charge in [-0.3, -0.25) is 4.72 Å². The van der Waals surface area contributed by atoms with Crippen molar-refractivity contribution in [3.8, 4) is 6.07 Å². The minimum Gasteiger partial charge on any atom is -0.274 e. The van der Waals surface area contributed by atoms with E-state index in [0.29, 0.717) is 0 Å². The van der Waals surface area contributed by atoms with Gasteiger partial charge in [0.25, 0.3) is 10.0 Å². The number of nitrogens with one attached hydrogen (secondary N) is 1. The van der Waals surface area contributed by atoms with E-state index in [1.54, 1.807) is 12.1 Å². The lowest BCUT2D eigenvalue weighted by Crippen LogP contribution is -2.14. The smallest absolute Gasteiger partial charge is 0.262 e. The van der Waals surface area contributed by atoms with Crippen LogP contribution in [0.3, 0.4) is 0 Å². The van der Waals surface area contributed by atoms with Crippen molar-refractivity contribution >= 4 is 38.9 Å². The third-order valence-corrected chi connectivity index (χ3v) is 4.45. The number of nitriles is 1. The largest absolute Gasteiger partial charge is 0.274 e. The highest BCUT2D eigenvalue weighted by atomic mass is 35.5. The Bertz CT molecular complexity index is 781. The Morgan fingerprint density at radius 2 is 1.71 bits per heavy atom.